The third kappa shape index (κ3) is 6.37. The Hall–Kier alpha value is -1.93. The summed E-state index contributed by atoms with van der Waals surface area (Å²) >= 11 is 0. The first kappa shape index (κ1) is 19.1. The van der Waals surface area contributed by atoms with Gasteiger partial charge in [-0.3, -0.25) is 9.78 Å². The number of carbonyl (C=O) groups is 1. The number of pyridine rings is 1. The fourth-order valence-corrected chi connectivity index (χ4v) is 1.86. The Bertz CT molecular complexity index is 637. The van der Waals surface area contributed by atoms with Crippen LogP contribution in [0.15, 0.2) is 54.9 Å². The van der Waals surface area contributed by atoms with E-state index in [1.165, 1.54) is 34.1 Å². The molecule has 1 unspecified atom stereocenters. The van der Waals surface area contributed by atoms with Gasteiger partial charge in [-0.1, -0.05) is 59.8 Å². The van der Waals surface area contributed by atoms with Gasteiger partial charge in [0.05, 0.1) is 0 Å². The number of halogens is 2. The fourth-order valence-electron chi connectivity index (χ4n) is 1.70. The number of Topliss-reactive ketones (excluding diaryl/α,β-unsaturated/α-hetero) is 1. The molecule has 1 aromatic carbocycles. The molecule has 0 saturated carbocycles. The van der Waals surface area contributed by atoms with Gasteiger partial charge in [0.2, 0.25) is 5.78 Å². The highest BCUT2D eigenvalue weighted by atomic mass is 31.0. The number of nitrogens with zero attached hydrogens (tertiary/aromatic N) is 1. The van der Waals surface area contributed by atoms with Gasteiger partial charge in [-0.15, -0.1) is 0 Å². The number of hydrogen-bond donors (Lipinski definition) is 0. The summed E-state index contributed by atoms with van der Waals surface area (Å²) < 4.78 is 26.6. The van der Waals surface area contributed by atoms with Gasteiger partial charge in [0.15, 0.2) is 0 Å². The molecule has 5 heteroatoms. The lowest BCUT2D eigenvalue weighted by Crippen LogP contribution is -2.21. The molecule has 2 aromatic rings. The van der Waals surface area contributed by atoms with Gasteiger partial charge in [0.1, 0.15) is 0 Å². The first-order valence-electron chi connectivity index (χ1n) is 7.28. The zero-order valence-electron chi connectivity index (χ0n) is 13.2. The second kappa shape index (κ2) is 9.26. The Labute approximate surface area is 137 Å². The summed E-state index contributed by atoms with van der Waals surface area (Å²) in [6.45, 7) is 4.25. The minimum Gasteiger partial charge on any atom is -0.287 e. The summed E-state index contributed by atoms with van der Waals surface area (Å²) in [4.78, 5) is 15.8. The van der Waals surface area contributed by atoms with Crippen LogP contribution in [-0.4, -0.2) is 16.4 Å². The molecular weight excluding hydrogens is 315 g/mol. The zero-order chi connectivity index (χ0) is 17.3. The molecule has 23 heavy (non-hydrogen) atoms. The van der Waals surface area contributed by atoms with Crippen molar-refractivity contribution in [1.82, 2.24) is 4.98 Å². The van der Waals surface area contributed by atoms with Gasteiger partial charge in [-0.05, 0) is 29.3 Å². The molecule has 122 valence electrons. The number of rotatable bonds is 4. The van der Waals surface area contributed by atoms with Crippen LogP contribution in [0.25, 0.3) is 11.6 Å². The van der Waals surface area contributed by atoms with E-state index in [1.807, 2.05) is 0 Å². The highest BCUT2D eigenvalue weighted by Crippen LogP contribution is 2.31. The highest BCUT2D eigenvalue weighted by molar-refractivity contribution is 7.20. The first-order valence-corrected chi connectivity index (χ1v) is 7.86. The van der Waals surface area contributed by atoms with E-state index in [-0.39, 0.29) is 5.57 Å². The van der Waals surface area contributed by atoms with Gasteiger partial charge < -0.3 is 0 Å². The normalized spacial score (nSPS) is 11.4. The molecule has 0 amide bonds. The first-order chi connectivity index (χ1) is 10.9. The van der Waals surface area contributed by atoms with Crippen LogP contribution < -0.4 is 0 Å². The van der Waals surface area contributed by atoms with Crippen LogP contribution >= 0.6 is 9.24 Å². The second-order valence-corrected chi connectivity index (χ2v) is 5.59. The summed E-state index contributed by atoms with van der Waals surface area (Å²) in [6.07, 6.45) is 5.77. The van der Waals surface area contributed by atoms with Gasteiger partial charge >= 0.3 is 5.66 Å². The van der Waals surface area contributed by atoms with Crippen molar-refractivity contribution in [3.63, 3.8) is 0 Å². The molecule has 0 spiro atoms. The van der Waals surface area contributed by atoms with E-state index < -0.39 is 11.4 Å². The van der Waals surface area contributed by atoms with Crippen LogP contribution in [0, 0.1) is 0 Å². The lowest BCUT2D eigenvalue weighted by atomic mass is 9.99. The van der Waals surface area contributed by atoms with Crippen molar-refractivity contribution in [3.8, 4) is 0 Å². The third-order valence-electron chi connectivity index (χ3n) is 2.65. The van der Waals surface area contributed by atoms with E-state index in [9.17, 15) is 13.6 Å². The molecule has 0 bridgehead atoms. The summed E-state index contributed by atoms with van der Waals surface area (Å²) in [5, 5.41) is 0. The van der Waals surface area contributed by atoms with Crippen LogP contribution in [0.2, 0.25) is 0 Å². The van der Waals surface area contributed by atoms with Crippen molar-refractivity contribution in [1.29, 1.82) is 0 Å². The maximum atomic E-state index is 13.3. The number of allylic oxidation sites excluding steroid dienone is 1. The molecule has 2 rings (SSSR count). The van der Waals surface area contributed by atoms with Gasteiger partial charge in [0, 0.05) is 18.0 Å². The third-order valence-corrected chi connectivity index (χ3v) is 2.91. The maximum Gasteiger partial charge on any atom is 0.320 e. The van der Waals surface area contributed by atoms with Crippen molar-refractivity contribution >= 4 is 26.7 Å². The van der Waals surface area contributed by atoms with Gasteiger partial charge in [-0.2, -0.15) is 8.78 Å². The van der Waals surface area contributed by atoms with Crippen LogP contribution in [0.3, 0.4) is 0 Å². The van der Waals surface area contributed by atoms with E-state index >= 15 is 0 Å². The van der Waals surface area contributed by atoms with E-state index in [4.69, 9.17) is 0 Å². The molecule has 1 atom stereocenters. The van der Waals surface area contributed by atoms with Crippen molar-refractivity contribution < 1.29 is 13.6 Å². The summed E-state index contributed by atoms with van der Waals surface area (Å²) in [6, 6.07) is 11.7. The molecule has 1 aromatic heterocycles. The Morgan fingerprint density at radius 2 is 1.65 bits per heavy atom. The second-order valence-electron chi connectivity index (χ2n) is 4.86. The summed E-state index contributed by atoms with van der Waals surface area (Å²) in [5.41, 5.74) is -2.43. The van der Waals surface area contributed by atoms with Gasteiger partial charge in [-0.25, -0.2) is 0 Å². The van der Waals surface area contributed by atoms with Crippen LogP contribution in [-0.2, 0) is 4.79 Å². The van der Waals surface area contributed by atoms with Crippen LogP contribution in [0.1, 0.15) is 31.4 Å². The fraction of sp³-hybridized carbons (Fsp3) is 0.222. The van der Waals surface area contributed by atoms with Crippen molar-refractivity contribution in [3.05, 3.63) is 66.0 Å². The smallest absolute Gasteiger partial charge is 0.287 e. The average Bonchev–Trinajstić information content (AvgIpc) is 2.54. The maximum absolute atomic E-state index is 13.3. The predicted molar refractivity (Wildman–Crippen MR) is 94.2 cm³/mol. The van der Waals surface area contributed by atoms with Gasteiger partial charge in [0.25, 0.3) is 0 Å². The molecule has 0 aliphatic carbocycles. The van der Waals surface area contributed by atoms with Crippen LogP contribution in [0.4, 0.5) is 8.78 Å². The molecular formula is C18H20F2NOP. The highest BCUT2D eigenvalue weighted by Gasteiger charge is 2.35. The largest absolute Gasteiger partial charge is 0.320 e. The van der Waals surface area contributed by atoms with Crippen molar-refractivity contribution in [2.24, 2.45) is 0 Å². The number of alkyl halides is 2. The monoisotopic (exact) mass is 335 g/mol. The van der Waals surface area contributed by atoms with E-state index in [0.717, 1.165) is 0 Å². The number of benzene rings is 1. The Kier molecular flexibility index (Phi) is 7.70. The molecule has 0 aliphatic heterocycles. The Morgan fingerprint density at radius 1 is 1.13 bits per heavy atom. The number of carbonyl (C=O) groups excluding carboxylic acids is 1. The number of aromatic nitrogens is 1. The standard InChI is InChI=1S/C15H12F2NOP.C3H8/c16-15(17,20)14(19)13(12-4-2-1-3-5-12)10-11-6-8-18-9-7-11;1-3-2/h1-10H,20H2;3H2,1-2H3/b13-10+;. The summed E-state index contributed by atoms with van der Waals surface area (Å²) in [7, 11) is 1.28. The molecule has 0 fully saturated rings. The molecule has 0 N–H and O–H groups in total. The quantitative estimate of drug-likeness (QED) is 0.576. The number of hydrogen-bond acceptors (Lipinski definition) is 2. The van der Waals surface area contributed by atoms with Crippen LogP contribution in [0.5, 0.6) is 0 Å². The SMILES string of the molecule is CCC.O=C(/C(=C/c1ccncc1)c1ccccc1)C(F)(F)P. The molecule has 0 radical (unpaired) electrons. The van der Waals surface area contributed by atoms with Crippen molar-refractivity contribution in [2.45, 2.75) is 25.9 Å². The van der Waals surface area contributed by atoms with E-state index in [1.54, 1.807) is 42.5 Å². The van der Waals surface area contributed by atoms with E-state index in [0.29, 0.717) is 11.1 Å². The predicted octanol–water partition coefficient (Wildman–Crippen LogP) is 5.08. The lowest BCUT2D eigenvalue weighted by Gasteiger charge is -2.12. The topological polar surface area (TPSA) is 30.0 Å². The average molecular weight is 335 g/mol. The zero-order valence-corrected chi connectivity index (χ0v) is 14.3. The number of ketones is 1. The minimum atomic E-state index is -3.49. The Balaban J connectivity index is 0.000000816. The molecule has 0 aliphatic rings. The van der Waals surface area contributed by atoms with E-state index in [2.05, 4.69) is 18.8 Å². The molecule has 1 heterocycles. The Morgan fingerprint density at radius 3 is 2.13 bits per heavy atom. The summed E-state index contributed by atoms with van der Waals surface area (Å²) in [5.74, 6) is -1.23. The molecule has 2 nitrogen and oxygen atoms in total. The lowest BCUT2D eigenvalue weighted by molar-refractivity contribution is -0.126. The molecule has 0 saturated heterocycles. The van der Waals surface area contributed by atoms with Crippen molar-refractivity contribution in [2.75, 3.05) is 0 Å². The minimum absolute atomic E-state index is 0.0307.